The van der Waals surface area contributed by atoms with E-state index in [1.807, 2.05) is 6.92 Å². The molecule has 112 valence electrons. The van der Waals surface area contributed by atoms with Gasteiger partial charge in [-0.2, -0.15) is 0 Å². The van der Waals surface area contributed by atoms with Crippen LogP contribution in [0.4, 0.5) is 11.6 Å². The van der Waals surface area contributed by atoms with E-state index in [9.17, 15) is 0 Å². The van der Waals surface area contributed by atoms with E-state index in [1.165, 1.54) is 12.8 Å². The third-order valence-electron chi connectivity index (χ3n) is 3.52. The van der Waals surface area contributed by atoms with Gasteiger partial charge in [0, 0.05) is 24.6 Å². The van der Waals surface area contributed by atoms with Gasteiger partial charge in [-0.3, -0.25) is 0 Å². The van der Waals surface area contributed by atoms with E-state index in [2.05, 4.69) is 29.1 Å². The molecule has 0 spiro atoms. The van der Waals surface area contributed by atoms with E-state index in [4.69, 9.17) is 10.5 Å². The molecule has 5 nitrogen and oxygen atoms in total. The Kier molecular flexibility index (Phi) is 5.17. The molecule has 5 heteroatoms. The maximum Gasteiger partial charge on any atom is 0.136 e. The highest BCUT2D eigenvalue weighted by molar-refractivity contribution is 5.55. The first-order valence-corrected chi connectivity index (χ1v) is 7.53. The number of rotatable bonds is 8. The van der Waals surface area contributed by atoms with E-state index < -0.39 is 0 Å². The van der Waals surface area contributed by atoms with Crippen LogP contribution >= 0.6 is 0 Å². The van der Waals surface area contributed by atoms with Crippen LogP contribution < -0.4 is 11.1 Å². The second kappa shape index (κ2) is 6.88. The van der Waals surface area contributed by atoms with Gasteiger partial charge in [0.15, 0.2) is 0 Å². The molecular weight excluding hydrogens is 252 g/mol. The summed E-state index contributed by atoms with van der Waals surface area (Å²) in [5, 5.41) is 3.31. The SMILES string of the molecule is Cc1c(N)nc(C2CC2)nc1NCCOCCC(C)C. The quantitative estimate of drug-likeness (QED) is 0.715. The summed E-state index contributed by atoms with van der Waals surface area (Å²) in [6, 6.07) is 0. The molecule has 1 fully saturated rings. The van der Waals surface area contributed by atoms with Crippen molar-refractivity contribution in [3.8, 4) is 0 Å². The van der Waals surface area contributed by atoms with Gasteiger partial charge in [-0.1, -0.05) is 13.8 Å². The lowest BCUT2D eigenvalue weighted by atomic mass is 10.1. The van der Waals surface area contributed by atoms with Crippen molar-refractivity contribution in [2.75, 3.05) is 30.8 Å². The maximum absolute atomic E-state index is 5.95. The first-order valence-electron chi connectivity index (χ1n) is 7.53. The molecule has 0 aliphatic heterocycles. The molecule has 1 heterocycles. The number of nitrogens with two attached hydrogens (primary N) is 1. The molecule has 0 atom stereocenters. The summed E-state index contributed by atoms with van der Waals surface area (Å²) in [4.78, 5) is 8.95. The maximum atomic E-state index is 5.95. The zero-order valence-corrected chi connectivity index (χ0v) is 12.8. The topological polar surface area (TPSA) is 73.1 Å². The Morgan fingerprint density at radius 2 is 2.05 bits per heavy atom. The van der Waals surface area contributed by atoms with Gasteiger partial charge in [-0.25, -0.2) is 9.97 Å². The van der Waals surface area contributed by atoms with Gasteiger partial charge in [0.05, 0.1) is 6.61 Å². The summed E-state index contributed by atoms with van der Waals surface area (Å²) in [6.45, 7) is 8.61. The second-order valence-corrected chi connectivity index (χ2v) is 5.94. The summed E-state index contributed by atoms with van der Waals surface area (Å²) in [5.74, 6) is 3.53. The molecule has 0 saturated heterocycles. The van der Waals surface area contributed by atoms with Crippen molar-refractivity contribution >= 4 is 11.6 Å². The Hall–Kier alpha value is -1.36. The second-order valence-electron chi connectivity index (χ2n) is 5.94. The van der Waals surface area contributed by atoms with Crippen LogP contribution in [0.5, 0.6) is 0 Å². The van der Waals surface area contributed by atoms with E-state index in [1.54, 1.807) is 0 Å². The lowest BCUT2D eigenvalue weighted by molar-refractivity contribution is 0.132. The van der Waals surface area contributed by atoms with Crippen LogP contribution in [-0.2, 0) is 4.74 Å². The van der Waals surface area contributed by atoms with E-state index in [0.29, 0.717) is 24.3 Å². The highest BCUT2D eigenvalue weighted by Gasteiger charge is 2.27. The predicted molar refractivity (Wildman–Crippen MR) is 81.9 cm³/mol. The van der Waals surface area contributed by atoms with Gasteiger partial charge in [-0.05, 0) is 32.1 Å². The van der Waals surface area contributed by atoms with Gasteiger partial charge in [0.2, 0.25) is 0 Å². The van der Waals surface area contributed by atoms with Crippen molar-refractivity contribution in [2.45, 2.75) is 46.0 Å². The molecule has 1 aliphatic carbocycles. The van der Waals surface area contributed by atoms with Crippen LogP contribution in [0.3, 0.4) is 0 Å². The van der Waals surface area contributed by atoms with Crippen molar-refractivity contribution in [1.29, 1.82) is 0 Å². The molecule has 0 unspecified atom stereocenters. The zero-order chi connectivity index (χ0) is 14.5. The van der Waals surface area contributed by atoms with Crippen LogP contribution in [0.1, 0.15) is 50.4 Å². The number of nitrogen functional groups attached to an aromatic ring is 1. The Balaban J connectivity index is 1.80. The van der Waals surface area contributed by atoms with Crippen molar-refractivity contribution < 1.29 is 4.74 Å². The van der Waals surface area contributed by atoms with Crippen molar-refractivity contribution in [3.63, 3.8) is 0 Å². The van der Waals surface area contributed by atoms with Crippen LogP contribution in [0.25, 0.3) is 0 Å². The monoisotopic (exact) mass is 278 g/mol. The molecule has 3 N–H and O–H groups in total. The number of ether oxygens (including phenoxy) is 1. The molecule has 1 aromatic heterocycles. The first kappa shape index (κ1) is 15.0. The summed E-state index contributed by atoms with van der Waals surface area (Å²) < 4.78 is 5.59. The fourth-order valence-corrected chi connectivity index (χ4v) is 1.91. The number of aromatic nitrogens is 2. The molecule has 0 aromatic carbocycles. The average Bonchev–Trinajstić information content (AvgIpc) is 3.22. The third-order valence-corrected chi connectivity index (χ3v) is 3.52. The van der Waals surface area contributed by atoms with Gasteiger partial charge in [0.25, 0.3) is 0 Å². The van der Waals surface area contributed by atoms with Crippen LogP contribution in [0.2, 0.25) is 0 Å². The molecule has 0 bridgehead atoms. The minimum atomic E-state index is 0.515. The molecule has 20 heavy (non-hydrogen) atoms. The Morgan fingerprint density at radius 1 is 1.30 bits per heavy atom. The Bertz CT molecular complexity index is 444. The van der Waals surface area contributed by atoms with E-state index in [0.717, 1.165) is 36.8 Å². The van der Waals surface area contributed by atoms with E-state index in [-0.39, 0.29) is 0 Å². The molecule has 2 rings (SSSR count). The summed E-state index contributed by atoms with van der Waals surface area (Å²) >= 11 is 0. The average molecular weight is 278 g/mol. The molecule has 1 aliphatic rings. The van der Waals surface area contributed by atoms with Gasteiger partial charge in [0.1, 0.15) is 17.5 Å². The molecule has 1 aromatic rings. The van der Waals surface area contributed by atoms with Crippen LogP contribution in [0, 0.1) is 12.8 Å². The van der Waals surface area contributed by atoms with Crippen LogP contribution in [-0.4, -0.2) is 29.7 Å². The van der Waals surface area contributed by atoms with Crippen molar-refractivity contribution in [3.05, 3.63) is 11.4 Å². The van der Waals surface area contributed by atoms with Gasteiger partial charge >= 0.3 is 0 Å². The fraction of sp³-hybridized carbons (Fsp3) is 0.733. The van der Waals surface area contributed by atoms with Crippen LogP contribution in [0.15, 0.2) is 0 Å². The number of hydrogen-bond donors (Lipinski definition) is 2. The highest BCUT2D eigenvalue weighted by Crippen LogP contribution is 2.39. The molecule has 0 radical (unpaired) electrons. The van der Waals surface area contributed by atoms with Crippen molar-refractivity contribution in [1.82, 2.24) is 9.97 Å². The van der Waals surface area contributed by atoms with Crippen molar-refractivity contribution in [2.24, 2.45) is 5.92 Å². The van der Waals surface area contributed by atoms with Gasteiger partial charge < -0.3 is 15.8 Å². The molecule has 0 amide bonds. The van der Waals surface area contributed by atoms with E-state index >= 15 is 0 Å². The molecule has 1 saturated carbocycles. The minimum absolute atomic E-state index is 0.515. The fourth-order valence-electron chi connectivity index (χ4n) is 1.91. The highest BCUT2D eigenvalue weighted by atomic mass is 16.5. The minimum Gasteiger partial charge on any atom is -0.383 e. The number of nitrogens with zero attached hydrogens (tertiary/aromatic N) is 2. The zero-order valence-electron chi connectivity index (χ0n) is 12.8. The number of hydrogen-bond acceptors (Lipinski definition) is 5. The predicted octanol–water partition coefficient (Wildman–Crippen LogP) is 2.72. The standard InChI is InChI=1S/C15H26N4O/c1-10(2)6-8-20-9-7-17-14-11(3)13(16)18-15(19-14)12-4-5-12/h10,12H,4-9H2,1-3H3,(H3,16,17,18,19). The normalized spacial score (nSPS) is 14.8. The molecular formula is C15H26N4O. The largest absolute Gasteiger partial charge is 0.383 e. The summed E-state index contributed by atoms with van der Waals surface area (Å²) in [7, 11) is 0. The lowest BCUT2D eigenvalue weighted by Crippen LogP contribution is -2.14. The first-order chi connectivity index (χ1) is 9.58. The third kappa shape index (κ3) is 4.34. The lowest BCUT2D eigenvalue weighted by Gasteiger charge is -2.12. The summed E-state index contributed by atoms with van der Waals surface area (Å²) in [5.41, 5.74) is 6.88. The Labute approximate surface area is 121 Å². The summed E-state index contributed by atoms with van der Waals surface area (Å²) in [6.07, 6.45) is 3.46. The smallest absolute Gasteiger partial charge is 0.136 e. The number of nitrogens with one attached hydrogen (secondary N) is 1. The number of anilines is 2. The van der Waals surface area contributed by atoms with Gasteiger partial charge in [-0.15, -0.1) is 0 Å². The Morgan fingerprint density at radius 3 is 2.70 bits per heavy atom.